The number of hydrogen-bond donors (Lipinski definition) is 0. The molecule has 0 aliphatic carbocycles. The molecule has 0 saturated heterocycles. The van der Waals surface area contributed by atoms with Crippen LogP contribution in [0.15, 0.2) is 215 Å². The summed E-state index contributed by atoms with van der Waals surface area (Å²) in [6.45, 7) is 0. The van der Waals surface area contributed by atoms with E-state index < -0.39 is 0 Å². The molecule has 14 rings (SSSR count). The van der Waals surface area contributed by atoms with Crippen LogP contribution >= 0.6 is 0 Å². The molecule has 0 aliphatic heterocycles. The first-order valence-corrected chi connectivity index (χ1v) is 21.3. The van der Waals surface area contributed by atoms with Crippen LogP contribution in [-0.4, -0.2) is 0 Å². The van der Waals surface area contributed by atoms with Crippen LogP contribution < -0.4 is 0 Å². The molecule has 0 aliphatic rings. The van der Waals surface area contributed by atoms with Gasteiger partial charge in [-0.2, -0.15) is 0 Å². The highest BCUT2D eigenvalue weighted by molar-refractivity contribution is 6.31. The van der Waals surface area contributed by atoms with E-state index in [1.165, 1.54) is 98.0 Å². The first-order chi connectivity index (χ1) is 30.7. The lowest BCUT2D eigenvalue weighted by atomic mass is 9.81. The Morgan fingerprint density at radius 3 is 1.11 bits per heavy atom. The van der Waals surface area contributed by atoms with Crippen molar-refractivity contribution in [3.63, 3.8) is 0 Å². The largest absolute Gasteiger partial charge is 0.456 e. The van der Waals surface area contributed by atoms with Crippen molar-refractivity contribution in [3.05, 3.63) is 206 Å². The Balaban J connectivity index is 1.05. The molecule has 0 spiro atoms. The van der Waals surface area contributed by atoms with Gasteiger partial charge in [0, 0.05) is 21.5 Å². The summed E-state index contributed by atoms with van der Waals surface area (Å²) in [4.78, 5) is 0. The number of benzene rings is 12. The highest BCUT2D eigenvalue weighted by atomic mass is 16.3. The van der Waals surface area contributed by atoms with Crippen LogP contribution in [-0.2, 0) is 0 Å². The first-order valence-electron chi connectivity index (χ1n) is 21.3. The molecule has 2 heteroatoms. The fourth-order valence-corrected chi connectivity index (χ4v) is 10.7. The van der Waals surface area contributed by atoms with Crippen molar-refractivity contribution in [2.24, 2.45) is 0 Å². The zero-order valence-electron chi connectivity index (χ0n) is 33.4. The average Bonchev–Trinajstić information content (AvgIpc) is 3.89. The second kappa shape index (κ2) is 12.7. The Hall–Kier alpha value is -8.20. The van der Waals surface area contributed by atoms with E-state index >= 15 is 0 Å². The minimum absolute atomic E-state index is 0.899. The van der Waals surface area contributed by atoms with Crippen molar-refractivity contribution in [2.75, 3.05) is 0 Å². The molecule has 0 radical (unpaired) electrons. The van der Waals surface area contributed by atoms with E-state index in [-0.39, 0.29) is 0 Å². The maximum atomic E-state index is 6.47. The quantitative estimate of drug-likeness (QED) is 0.167. The number of furan rings is 2. The minimum atomic E-state index is 0.899. The minimum Gasteiger partial charge on any atom is -0.456 e. The maximum Gasteiger partial charge on any atom is 0.136 e. The van der Waals surface area contributed by atoms with Gasteiger partial charge in [-0.15, -0.1) is 0 Å². The summed E-state index contributed by atoms with van der Waals surface area (Å²) < 4.78 is 12.9. The summed E-state index contributed by atoms with van der Waals surface area (Å²) in [7, 11) is 0. The van der Waals surface area contributed by atoms with Crippen molar-refractivity contribution in [2.45, 2.75) is 0 Å². The lowest BCUT2D eigenvalue weighted by Crippen LogP contribution is -1.94. The van der Waals surface area contributed by atoms with E-state index in [1.807, 2.05) is 0 Å². The third-order valence-electron chi connectivity index (χ3n) is 13.4. The van der Waals surface area contributed by atoms with Gasteiger partial charge in [-0.05, 0) is 140 Å². The van der Waals surface area contributed by atoms with Crippen molar-refractivity contribution in [1.82, 2.24) is 0 Å². The molecule has 0 N–H and O–H groups in total. The van der Waals surface area contributed by atoms with Gasteiger partial charge in [-0.25, -0.2) is 0 Å². The average molecular weight is 787 g/mol. The Labute approximate surface area is 355 Å². The molecule has 0 bridgehead atoms. The molecule has 0 atom stereocenters. The summed E-state index contributed by atoms with van der Waals surface area (Å²) in [5.74, 6) is 0. The normalized spacial score (nSPS) is 12.2. The Morgan fingerprint density at radius 2 is 0.581 bits per heavy atom. The summed E-state index contributed by atoms with van der Waals surface area (Å²) in [6, 6.07) is 75.3. The second-order valence-electron chi connectivity index (χ2n) is 16.7. The lowest BCUT2D eigenvalue weighted by Gasteiger charge is -2.22. The molecule has 2 aromatic heterocycles. The van der Waals surface area contributed by atoms with E-state index in [0.29, 0.717) is 0 Å². The third-order valence-corrected chi connectivity index (χ3v) is 13.4. The van der Waals surface area contributed by atoms with Gasteiger partial charge < -0.3 is 8.83 Å². The lowest BCUT2D eigenvalue weighted by molar-refractivity contribution is 0.669. The topological polar surface area (TPSA) is 26.3 Å². The van der Waals surface area contributed by atoms with Gasteiger partial charge in [0.05, 0.1) is 0 Å². The number of rotatable bonds is 3. The molecule has 0 saturated carbocycles. The highest BCUT2D eigenvalue weighted by Gasteiger charge is 2.23. The van der Waals surface area contributed by atoms with Crippen LogP contribution in [0.3, 0.4) is 0 Å². The molecule has 0 fully saturated rings. The number of hydrogen-bond acceptors (Lipinski definition) is 2. The van der Waals surface area contributed by atoms with Crippen molar-refractivity contribution in [3.8, 4) is 33.4 Å². The summed E-state index contributed by atoms with van der Waals surface area (Å²) in [5.41, 5.74) is 10.9. The molecule has 62 heavy (non-hydrogen) atoms. The fourth-order valence-electron chi connectivity index (χ4n) is 10.7. The van der Waals surface area contributed by atoms with Crippen LogP contribution in [0.1, 0.15) is 0 Å². The molecule has 0 amide bonds. The maximum absolute atomic E-state index is 6.47. The van der Waals surface area contributed by atoms with E-state index in [1.54, 1.807) is 0 Å². The van der Waals surface area contributed by atoms with Gasteiger partial charge in [0.1, 0.15) is 22.3 Å². The standard InChI is InChI=1S/C60H34O2/c1-2-15-37-34-55-50(31-36(37)14-1)49-32-38(26-28-52(49)62-55)56-41-17-5-9-21-45(41)59(46-22-10-6-18-42(46)56)60-47-23-11-7-19-43(47)57(44-20-8-12-24-48(44)60)39-27-29-53-51(33-39)58-40-16-4-3-13-35(40)25-30-54(58)61-53/h1-34H. The van der Waals surface area contributed by atoms with Crippen LogP contribution in [0.5, 0.6) is 0 Å². The molecule has 286 valence electrons. The van der Waals surface area contributed by atoms with Crippen molar-refractivity contribution in [1.29, 1.82) is 0 Å². The Kier molecular flexibility index (Phi) is 6.86. The van der Waals surface area contributed by atoms with Gasteiger partial charge in [0.2, 0.25) is 0 Å². The molecule has 12 aromatic carbocycles. The number of fused-ring (bicyclic) bond motifs is 13. The molecule has 2 nitrogen and oxygen atoms in total. The predicted molar refractivity (Wildman–Crippen MR) is 262 cm³/mol. The Bertz CT molecular complexity index is 4110. The summed E-state index contributed by atoms with van der Waals surface area (Å²) in [5, 5.41) is 19.2. The predicted octanol–water partition coefficient (Wildman–Crippen LogP) is 17.4. The van der Waals surface area contributed by atoms with Gasteiger partial charge >= 0.3 is 0 Å². The van der Waals surface area contributed by atoms with Crippen molar-refractivity contribution < 1.29 is 8.83 Å². The van der Waals surface area contributed by atoms with Crippen molar-refractivity contribution >= 4 is 109 Å². The smallest absolute Gasteiger partial charge is 0.136 e. The molecule has 14 aromatic rings. The van der Waals surface area contributed by atoms with Gasteiger partial charge in [0.25, 0.3) is 0 Å². The third kappa shape index (κ3) is 4.69. The van der Waals surface area contributed by atoms with Gasteiger partial charge in [0.15, 0.2) is 0 Å². The SMILES string of the molecule is c1ccc2cc3c(cc2c1)oc1ccc(-c2c4ccccc4c(-c4c5ccccc5c(-c5ccc6oc7ccc8ccccc8c7c6c5)c5ccccc45)c4ccccc24)cc13. The van der Waals surface area contributed by atoms with Crippen LogP contribution in [0.25, 0.3) is 142 Å². The molecule has 2 heterocycles. The summed E-state index contributed by atoms with van der Waals surface area (Å²) in [6.07, 6.45) is 0. The van der Waals surface area contributed by atoms with Gasteiger partial charge in [-0.1, -0.05) is 164 Å². The van der Waals surface area contributed by atoms with E-state index in [4.69, 9.17) is 8.83 Å². The monoisotopic (exact) mass is 786 g/mol. The van der Waals surface area contributed by atoms with Crippen LogP contribution in [0, 0.1) is 0 Å². The fraction of sp³-hybridized carbons (Fsp3) is 0. The summed E-state index contributed by atoms with van der Waals surface area (Å²) >= 11 is 0. The molecular weight excluding hydrogens is 753 g/mol. The molecule has 0 unspecified atom stereocenters. The van der Waals surface area contributed by atoms with E-state index in [2.05, 4.69) is 206 Å². The molecular formula is C60H34O2. The van der Waals surface area contributed by atoms with Crippen LogP contribution in [0.4, 0.5) is 0 Å². The van der Waals surface area contributed by atoms with Crippen LogP contribution in [0.2, 0.25) is 0 Å². The van der Waals surface area contributed by atoms with Gasteiger partial charge in [-0.3, -0.25) is 0 Å². The van der Waals surface area contributed by atoms with E-state index in [9.17, 15) is 0 Å². The zero-order valence-corrected chi connectivity index (χ0v) is 33.4. The highest BCUT2D eigenvalue weighted by Crippen LogP contribution is 2.51. The second-order valence-corrected chi connectivity index (χ2v) is 16.7. The Morgan fingerprint density at radius 1 is 0.210 bits per heavy atom. The zero-order chi connectivity index (χ0) is 40.5. The first kappa shape index (κ1) is 33.6. The van der Waals surface area contributed by atoms with E-state index in [0.717, 1.165) is 43.9 Å².